The zero-order valence-electron chi connectivity index (χ0n) is 21.7. The summed E-state index contributed by atoms with van der Waals surface area (Å²) in [7, 11) is 0. The minimum Gasteiger partial charge on any atom is -0.344 e. The van der Waals surface area contributed by atoms with Crippen molar-refractivity contribution >= 4 is 28.5 Å². The third-order valence-corrected chi connectivity index (χ3v) is 6.90. The second-order valence-corrected chi connectivity index (χ2v) is 9.61. The second-order valence-electron chi connectivity index (χ2n) is 9.61. The second kappa shape index (κ2) is 11.6. The van der Waals surface area contributed by atoms with Crippen LogP contribution >= 0.6 is 0 Å². The maximum Gasteiger partial charge on any atom is 0.310 e. The highest BCUT2D eigenvalue weighted by atomic mass is 16.2. The quantitative estimate of drug-likeness (QED) is 0.261. The molecule has 0 aromatic heterocycles. The van der Waals surface area contributed by atoms with Crippen molar-refractivity contribution in [3.63, 3.8) is 0 Å². The molecule has 1 fully saturated rings. The summed E-state index contributed by atoms with van der Waals surface area (Å²) in [5.41, 5.74) is 2.95. The van der Waals surface area contributed by atoms with Crippen molar-refractivity contribution < 1.29 is 14.4 Å². The minimum absolute atomic E-state index is 0.0118. The van der Waals surface area contributed by atoms with Gasteiger partial charge in [0.1, 0.15) is 0 Å². The van der Waals surface area contributed by atoms with Crippen LogP contribution in [0.15, 0.2) is 91.0 Å². The van der Waals surface area contributed by atoms with E-state index in [1.807, 2.05) is 18.2 Å². The average Bonchev–Trinajstić information content (AvgIpc) is 3.78. The fraction of sp³-hybridized carbons (Fsp3) is 0.152. The largest absolute Gasteiger partial charge is 0.344 e. The molecule has 1 aliphatic rings. The van der Waals surface area contributed by atoms with Gasteiger partial charge in [-0.3, -0.25) is 14.4 Å². The predicted molar refractivity (Wildman–Crippen MR) is 152 cm³/mol. The lowest BCUT2D eigenvalue weighted by atomic mass is 9.99. The molecule has 3 N–H and O–H groups in total. The number of hydrogen-bond donors (Lipinski definition) is 3. The molecule has 40 heavy (non-hydrogen) atoms. The Hall–Kier alpha value is -5.40. The molecule has 4 aromatic carbocycles. The van der Waals surface area contributed by atoms with Gasteiger partial charge in [-0.2, -0.15) is 5.26 Å². The van der Waals surface area contributed by atoms with Gasteiger partial charge >= 0.3 is 11.8 Å². The molecule has 196 valence electrons. The first-order valence-electron chi connectivity index (χ1n) is 12.9. The molecule has 0 aliphatic heterocycles. The Morgan fingerprint density at radius 3 is 2.20 bits per heavy atom. The van der Waals surface area contributed by atoms with Gasteiger partial charge in [-0.1, -0.05) is 66.4 Å². The highest BCUT2D eigenvalue weighted by Crippen LogP contribution is 2.46. The number of carbonyl (C=O) groups excluding carboxylic acids is 3. The van der Waals surface area contributed by atoms with E-state index >= 15 is 0 Å². The first kappa shape index (κ1) is 26.2. The Morgan fingerprint density at radius 2 is 1.45 bits per heavy atom. The molecular formula is C33H26N4O3. The lowest BCUT2D eigenvalue weighted by Gasteiger charge is -2.20. The Bertz CT molecular complexity index is 1700. The summed E-state index contributed by atoms with van der Waals surface area (Å²) in [6.45, 7) is 0.0117. The molecule has 1 saturated carbocycles. The van der Waals surface area contributed by atoms with Crippen molar-refractivity contribution in [2.24, 2.45) is 0 Å². The maximum atomic E-state index is 13.3. The van der Waals surface area contributed by atoms with Crippen molar-refractivity contribution in [2.45, 2.75) is 24.9 Å². The molecule has 1 aliphatic carbocycles. The molecular weight excluding hydrogens is 500 g/mol. The van der Waals surface area contributed by atoms with Gasteiger partial charge in [0.25, 0.3) is 5.91 Å². The van der Waals surface area contributed by atoms with Crippen LogP contribution in [0, 0.1) is 23.2 Å². The lowest BCUT2D eigenvalue weighted by Crippen LogP contribution is -2.40. The Kier molecular flexibility index (Phi) is 7.57. The van der Waals surface area contributed by atoms with E-state index in [2.05, 4.69) is 58.1 Å². The molecule has 0 heterocycles. The number of nitrogens with zero attached hydrogens (tertiary/aromatic N) is 1. The molecule has 0 saturated heterocycles. The first-order valence-corrected chi connectivity index (χ1v) is 12.9. The fourth-order valence-corrected chi connectivity index (χ4v) is 4.51. The zero-order chi connectivity index (χ0) is 28.0. The normalized spacial score (nSPS) is 12.8. The summed E-state index contributed by atoms with van der Waals surface area (Å²) in [6.07, 6.45) is 1.70. The van der Waals surface area contributed by atoms with Gasteiger partial charge in [0.15, 0.2) is 0 Å². The van der Waals surface area contributed by atoms with Crippen LogP contribution in [0.25, 0.3) is 10.8 Å². The van der Waals surface area contributed by atoms with Crippen LogP contribution in [-0.2, 0) is 21.7 Å². The van der Waals surface area contributed by atoms with E-state index in [1.54, 1.807) is 48.5 Å². The van der Waals surface area contributed by atoms with Crippen molar-refractivity contribution in [1.82, 2.24) is 16.0 Å². The van der Waals surface area contributed by atoms with Crippen LogP contribution < -0.4 is 16.0 Å². The molecule has 5 rings (SSSR count). The SMILES string of the molecule is N#Cc1ccc(C#CCNC(=O)C(=O)NCc2ccccc2C(=O)NC2(c3ccc4ccccc4c3)CC2)cc1. The van der Waals surface area contributed by atoms with E-state index in [9.17, 15) is 14.4 Å². The van der Waals surface area contributed by atoms with E-state index in [0.717, 1.165) is 29.2 Å². The van der Waals surface area contributed by atoms with Crippen LogP contribution in [0.4, 0.5) is 0 Å². The van der Waals surface area contributed by atoms with Crippen LogP contribution in [0.2, 0.25) is 0 Å². The predicted octanol–water partition coefficient (Wildman–Crippen LogP) is 3.91. The third kappa shape index (κ3) is 6.01. The van der Waals surface area contributed by atoms with E-state index in [-0.39, 0.29) is 19.0 Å². The molecule has 0 unspecified atom stereocenters. The Balaban J connectivity index is 1.17. The van der Waals surface area contributed by atoms with E-state index < -0.39 is 17.4 Å². The molecule has 4 aromatic rings. The van der Waals surface area contributed by atoms with Gasteiger partial charge in [0.2, 0.25) is 0 Å². The number of hydrogen-bond acceptors (Lipinski definition) is 4. The Labute approximate surface area is 232 Å². The van der Waals surface area contributed by atoms with Gasteiger partial charge < -0.3 is 16.0 Å². The fourth-order valence-electron chi connectivity index (χ4n) is 4.51. The highest BCUT2D eigenvalue weighted by Gasteiger charge is 2.46. The minimum atomic E-state index is -0.815. The van der Waals surface area contributed by atoms with E-state index in [1.165, 1.54) is 0 Å². The summed E-state index contributed by atoms with van der Waals surface area (Å²) in [4.78, 5) is 37.9. The van der Waals surface area contributed by atoms with Crippen LogP contribution in [0.1, 0.15) is 45.5 Å². The van der Waals surface area contributed by atoms with E-state index in [4.69, 9.17) is 5.26 Å². The zero-order valence-corrected chi connectivity index (χ0v) is 21.7. The average molecular weight is 527 g/mol. The molecule has 7 nitrogen and oxygen atoms in total. The number of nitriles is 1. The van der Waals surface area contributed by atoms with Gasteiger partial charge in [-0.15, -0.1) is 0 Å². The molecule has 0 atom stereocenters. The van der Waals surface area contributed by atoms with Gasteiger partial charge in [-0.05, 0) is 71.1 Å². The number of rotatable bonds is 6. The maximum absolute atomic E-state index is 13.3. The van der Waals surface area contributed by atoms with Gasteiger partial charge in [-0.25, -0.2) is 0 Å². The summed E-state index contributed by atoms with van der Waals surface area (Å²) >= 11 is 0. The van der Waals surface area contributed by atoms with Crippen molar-refractivity contribution in [2.75, 3.05) is 6.54 Å². The number of carbonyl (C=O) groups is 3. The number of nitrogens with one attached hydrogen (secondary N) is 3. The number of fused-ring (bicyclic) bond motifs is 1. The van der Waals surface area contributed by atoms with Crippen molar-refractivity contribution in [3.05, 3.63) is 119 Å². The summed E-state index contributed by atoms with van der Waals surface area (Å²) in [5.74, 6) is 3.78. The molecule has 3 amide bonds. The number of benzene rings is 4. The smallest absolute Gasteiger partial charge is 0.310 e. The van der Waals surface area contributed by atoms with Crippen molar-refractivity contribution in [3.8, 4) is 17.9 Å². The summed E-state index contributed by atoms with van der Waals surface area (Å²) < 4.78 is 0. The third-order valence-electron chi connectivity index (χ3n) is 6.90. The Morgan fingerprint density at radius 1 is 0.775 bits per heavy atom. The van der Waals surface area contributed by atoms with Crippen LogP contribution in [-0.4, -0.2) is 24.3 Å². The lowest BCUT2D eigenvalue weighted by molar-refractivity contribution is -0.139. The van der Waals surface area contributed by atoms with Crippen molar-refractivity contribution in [1.29, 1.82) is 5.26 Å². The highest BCUT2D eigenvalue weighted by molar-refractivity contribution is 6.35. The first-order chi connectivity index (χ1) is 19.5. The van der Waals surface area contributed by atoms with E-state index in [0.29, 0.717) is 22.3 Å². The molecule has 0 bridgehead atoms. The molecule has 0 radical (unpaired) electrons. The van der Waals surface area contributed by atoms with Gasteiger partial charge in [0.05, 0.1) is 23.7 Å². The van der Waals surface area contributed by atoms with Gasteiger partial charge in [0, 0.05) is 17.7 Å². The summed E-state index contributed by atoms with van der Waals surface area (Å²) in [6, 6.07) is 30.2. The van der Waals surface area contributed by atoms with Crippen LogP contribution in [0.5, 0.6) is 0 Å². The topological polar surface area (TPSA) is 111 Å². The summed E-state index contributed by atoms with van der Waals surface area (Å²) in [5, 5.41) is 19.4. The standard InChI is InChI=1S/C33H26N4O3/c34-21-24-13-11-23(12-14-24)6-5-19-35-31(39)32(40)36-22-27-9-3-4-10-29(27)30(38)37-33(17-18-33)28-16-15-25-7-1-2-8-26(25)20-28/h1-4,7-16,20H,17-19,22H2,(H,35,39)(H,36,40)(H,37,38). The molecule has 0 spiro atoms. The number of amides is 3. The van der Waals surface area contributed by atoms with Crippen LogP contribution in [0.3, 0.4) is 0 Å². The molecule has 7 heteroatoms. The monoisotopic (exact) mass is 526 g/mol.